The van der Waals surface area contributed by atoms with E-state index in [1.165, 1.54) is 11.3 Å². The summed E-state index contributed by atoms with van der Waals surface area (Å²) in [5.41, 5.74) is 0.475. The SMILES string of the molecule is OB(O)c1csc2c(S)cc(Cl)cc12. The largest absolute Gasteiger partial charge is 0.489 e. The molecule has 2 rings (SSSR count). The fourth-order valence-corrected chi connectivity index (χ4v) is 2.99. The van der Waals surface area contributed by atoms with Crippen LogP contribution in [0.1, 0.15) is 0 Å². The van der Waals surface area contributed by atoms with Gasteiger partial charge in [0.05, 0.1) is 0 Å². The lowest BCUT2D eigenvalue weighted by molar-refractivity contribution is 0.426. The molecule has 2 aromatic rings. The molecule has 1 aromatic carbocycles. The molecule has 0 spiro atoms. The van der Waals surface area contributed by atoms with E-state index in [0.29, 0.717) is 10.5 Å². The fraction of sp³-hybridized carbons (Fsp3) is 0. The van der Waals surface area contributed by atoms with Crippen molar-refractivity contribution in [3.63, 3.8) is 0 Å². The first-order valence-corrected chi connectivity index (χ1v) is 5.56. The summed E-state index contributed by atoms with van der Waals surface area (Å²) in [6, 6.07) is 3.44. The van der Waals surface area contributed by atoms with Gasteiger partial charge in [0, 0.05) is 20.1 Å². The minimum absolute atomic E-state index is 0.475. The third-order valence-electron chi connectivity index (χ3n) is 1.93. The summed E-state index contributed by atoms with van der Waals surface area (Å²) in [6.07, 6.45) is 0. The molecule has 0 aliphatic carbocycles. The first kappa shape index (κ1) is 10.3. The fourth-order valence-electron chi connectivity index (χ4n) is 1.30. The molecule has 2 nitrogen and oxygen atoms in total. The number of hydrogen-bond donors (Lipinski definition) is 3. The van der Waals surface area contributed by atoms with Crippen molar-refractivity contribution in [1.82, 2.24) is 0 Å². The van der Waals surface area contributed by atoms with Gasteiger partial charge in [0.15, 0.2) is 0 Å². The molecule has 1 aromatic heterocycles. The summed E-state index contributed by atoms with van der Waals surface area (Å²) in [6.45, 7) is 0. The number of thiophene rings is 1. The minimum Gasteiger partial charge on any atom is -0.423 e. The first-order valence-electron chi connectivity index (χ1n) is 3.85. The van der Waals surface area contributed by atoms with Crippen LogP contribution in [0.3, 0.4) is 0 Å². The Kier molecular flexibility index (Phi) is 2.77. The second-order valence-electron chi connectivity index (χ2n) is 2.87. The highest BCUT2D eigenvalue weighted by molar-refractivity contribution is 7.80. The van der Waals surface area contributed by atoms with Crippen molar-refractivity contribution >= 4 is 58.2 Å². The lowest BCUT2D eigenvalue weighted by Gasteiger charge is -1.99. The maximum atomic E-state index is 9.09. The van der Waals surface area contributed by atoms with Crippen LogP contribution >= 0.6 is 35.6 Å². The van der Waals surface area contributed by atoms with E-state index in [1.807, 2.05) is 0 Å². The zero-order valence-electron chi connectivity index (χ0n) is 6.94. The molecule has 0 fully saturated rings. The molecule has 72 valence electrons. The monoisotopic (exact) mass is 244 g/mol. The summed E-state index contributed by atoms with van der Waals surface area (Å²) >= 11 is 11.5. The van der Waals surface area contributed by atoms with Gasteiger partial charge in [0.1, 0.15) is 0 Å². The molecule has 0 atom stereocenters. The van der Waals surface area contributed by atoms with Crippen LogP contribution in [0.4, 0.5) is 0 Å². The second-order valence-corrected chi connectivity index (χ2v) is 4.66. The highest BCUT2D eigenvalue weighted by Gasteiger charge is 2.17. The molecular formula is C8H6BClO2S2. The minimum atomic E-state index is -1.46. The predicted octanol–water partition coefficient (Wildman–Crippen LogP) is 1.52. The summed E-state index contributed by atoms with van der Waals surface area (Å²) in [4.78, 5) is 0.754. The van der Waals surface area contributed by atoms with Gasteiger partial charge in [-0.25, -0.2) is 0 Å². The van der Waals surface area contributed by atoms with E-state index in [2.05, 4.69) is 12.6 Å². The lowest BCUT2D eigenvalue weighted by atomic mass is 9.80. The van der Waals surface area contributed by atoms with Crippen LogP contribution in [0.5, 0.6) is 0 Å². The third kappa shape index (κ3) is 1.66. The molecule has 0 amide bonds. The summed E-state index contributed by atoms with van der Waals surface area (Å²) in [5, 5.41) is 21.2. The Balaban J connectivity index is 2.78. The molecule has 0 radical (unpaired) electrons. The molecule has 6 heteroatoms. The van der Waals surface area contributed by atoms with Gasteiger partial charge in [-0.15, -0.1) is 24.0 Å². The van der Waals surface area contributed by atoms with Crippen molar-refractivity contribution in [3.05, 3.63) is 22.5 Å². The van der Waals surface area contributed by atoms with Crippen molar-refractivity contribution in [2.45, 2.75) is 4.90 Å². The van der Waals surface area contributed by atoms with Crippen LogP contribution in [-0.4, -0.2) is 17.2 Å². The topological polar surface area (TPSA) is 40.5 Å². The van der Waals surface area contributed by atoms with E-state index < -0.39 is 7.12 Å². The van der Waals surface area contributed by atoms with Crippen LogP contribution in [-0.2, 0) is 0 Å². The Morgan fingerprint density at radius 3 is 2.71 bits per heavy atom. The van der Waals surface area contributed by atoms with Gasteiger partial charge in [-0.05, 0) is 22.9 Å². The van der Waals surface area contributed by atoms with Crippen molar-refractivity contribution < 1.29 is 10.0 Å². The maximum Gasteiger partial charge on any atom is 0.489 e. The standard InChI is InChI=1S/C8H6BClO2S2/c10-4-1-5-6(9(11)12)3-14-8(5)7(13)2-4/h1-3,11-13H. The first-order chi connectivity index (χ1) is 6.59. The van der Waals surface area contributed by atoms with Crippen LogP contribution < -0.4 is 5.46 Å². The van der Waals surface area contributed by atoms with Gasteiger partial charge < -0.3 is 10.0 Å². The normalized spacial score (nSPS) is 10.9. The Morgan fingerprint density at radius 2 is 2.07 bits per heavy atom. The average molecular weight is 245 g/mol. The number of thiol groups is 1. The molecular weight excluding hydrogens is 238 g/mol. The van der Waals surface area contributed by atoms with E-state index >= 15 is 0 Å². The van der Waals surface area contributed by atoms with Gasteiger partial charge in [-0.2, -0.15) is 0 Å². The molecule has 1 heterocycles. The second kappa shape index (κ2) is 3.75. The predicted molar refractivity (Wildman–Crippen MR) is 63.9 cm³/mol. The van der Waals surface area contributed by atoms with Crippen LogP contribution in [0.25, 0.3) is 10.1 Å². The summed E-state index contributed by atoms with van der Waals surface area (Å²) < 4.78 is 0.917. The van der Waals surface area contributed by atoms with Crippen molar-refractivity contribution in [3.8, 4) is 0 Å². The van der Waals surface area contributed by atoms with Crippen molar-refractivity contribution in [2.75, 3.05) is 0 Å². The molecule has 0 aliphatic heterocycles. The van der Waals surface area contributed by atoms with E-state index in [9.17, 15) is 0 Å². The third-order valence-corrected chi connectivity index (χ3v) is 3.70. The Hall–Kier alpha value is -0.195. The van der Waals surface area contributed by atoms with E-state index in [4.69, 9.17) is 21.6 Å². The zero-order valence-corrected chi connectivity index (χ0v) is 9.40. The van der Waals surface area contributed by atoms with Crippen LogP contribution in [0.15, 0.2) is 22.4 Å². The number of rotatable bonds is 1. The molecule has 0 bridgehead atoms. The number of hydrogen-bond acceptors (Lipinski definition) is 4. The molecule has 14 heavy (non-hydrogen) atoms. The molecule has 0 unspecified atom stereocenters. The highest BCUT2D eigenvalue weighted by Crippen LogP contribution is 2.29. The summed E-state index contributed by atoms with van der Waals surface area (Å²) in [5.74, 6) is 0. The Labute approximate surface area is 95.7 Å². The van der Waals surface area contributed by atoms with Gasteiger partial charge in [0.2, 0.25) is 0 Å². The number of benzene rings is 1. The highest BCUT2D eigenvalue weighted by atomic mass is 35.5. The van der Waals surface area contributed by atoms with Gasteiger partial charge in [-0.1, -0.05) is 11.6 Å². The molecule has 2 N–H and O–H groups in total. The maximum absolute atomic E-state index is 9.09. The van der Waals surface area contributed by atoms with Gasteiger partial charge >= 0.3 is 7.12 Å². The van der Waals surface area contributed by atoms with E-state index in [0.717, 1.165) is 15.0 Å². The van der Waals surface area contributed by atoms with E-state index in [1.54, 1.807) is 17.5 Å². The quantitative estimate of drug-likeness (QED) is 0.526. The van der Waals surface area contributed by atoms with E-state index in [-0.39, 0.29) is 0 Å². The zero-order chi connectivity index (χ0) is 10.3. The van der Waals surface area contributed by atoms with Crippen LogP contribution in [0.2, 0.25) is 5.02 Å². The smallest absolute Gasteiger partial charge is 0.423 e. The number of halogens is 1. The average Bonchev–Trinajstić information content (AvgIpc) is 2.47. The number of fused-ring (bicyclic) bond motifs is 1. The van der Waals surface area contributed by atoms with Crippen molar-refractivity contribution in [1.29, 1.82) is 0 Å². The molecule has 0 saturated heterocycles. The van der Waals surface area contributed by atoms with Gasteiger partial charge in [0.25, 0.3) is 0 Å². The molecule has 0 saturated carbocycles. The Morgan fingerprint density at radius 1 is 1.36 bits per heavy atom. The summed E-state index contributed by atoms with van der Waals surface area (Å²) in [7, 11) is -1.46. The van der Waals surface area contributed by atoms with Crippen LogP contribution in [0, 0.1) is 0 Å². The van der Waals surface area contributed by atoms with Crippen molar-refractivity contribution in [2.24, 2.45) is 0 Å². The van der Waals surface area contributed by atoms with Gasteiger partial charge in [-0.3, -0.25) is 0 Å². The molecule has 0 aliphatic rings. The Bertz CT molecular complexity index is 483. The lowest BCUT2D eigenvalue weighted by Crippen LogP contribution is -2.28.